The number of rotatable bonds is 6. The van der Waals surface area contributed by atoms with E-state index in [1.165, 1.54) is 10.4 Å². The van der Waals surface area contributed by atoms with E-state index in [0.717, 1.165) is 24.2 Å². The highest BCUT2D eigenvalue weighted by atomic mass is 32.1. The molecule has 2 heterocycles. The molecule has 1 unspecified atom stereocenters. The van der Waals surface area contributed by atoms with Crippen LogP contribution >= 0.6 is 11.3 Å². The van der Waals surface area contributed by atoms with Gasteiger partial charge in [-0.3, -0.25) is 9.69 Å². The van der Waals surface area contributed by atoms with Crippen molar-refractivity contribution >= 4 is 17.2 Å². The summed E-state index contributed by atoms with van der Waals surface area (Å²) in [5.74, 6) is 0.0968. The van der Waals surface area contributed by atoms with Crippen LogP contribution in [-0.2, 0) is 0 Å². The maximum absolute atomic E-state index is 12.9. The van der Waals surface area contributed by atoms with Crippen molar-refractivity contribution in [1.82, 2.24) is 14.7 Å². The molecule has 1 amide bonds. The third-order valence-corrected chi connectivity index (χ3v) is 6.00. The van der Waals surface area contributed by atoms with E-state index in [-0.39, 0.29) is 12.0 Å². The van der Waals surface area contributed by atoms with Crippen LogP contribution < -0.4 is 0 Å². The van der Waals surface area contributed by atoms with Gasteiger partial charge in [-0.15, -0.1) is 11.3 Å². The molecule has 1 N–H and O–H groups in total. The van der Waals surface area contributed by atoms with Gasteiger partial charge in [-0.2, -0.15) is 0 Å². The Kier molecular flexibility index (Phi) is 6.65. The first-order chi connectivity index (χ1) is 12.9. The number of β-amino-alcohol motifs (C(OH)–C–C–N with tert-alkyl or cyclic N) is 1. The number of amides is 1. The first-order valence-corrected chi connectivity index (χ1v) is 10.3. The minimum atomic E-state index is -0.354. The Morgan fingerprint density at radius 3 is 2.59 bits per heavy atom. The van der Waals surface area contributed by atoms with Crippen molar-refractivity contribution in [3.05, 3.63) is 46.8 Å². The Bertz CT molecular complexity index is 766. The van der Waals surface area contributed by atoms with Gasteiger partial charge < -0.3 is 14.9 Å². The van der Waals surface area contributed by atoms with Gasteiger partial charge >= 0.3 is 0 Å². The van der Waals surface area contributed by atoms with Gasteiger partial charge in [0.1, 0.15) is 0 Å². The van der Waals surface area contributed by atoms with Crippen LogP contribution in [0.4, 0.5) is 0 Å². The molecule has 2 aromatic rings. The summed E-state index contributed by atoms with van der Waals surface area (Å²) in [6.07, 6.45) is -0.354. The van der Waals surface area contributed by atoms with E-state index >= 15 is 0 Å². The second-order valence-corrected chi connectivity index (χ2v) is 8.44. The van der Waals surface area contributed by atoms with E-state index in [2.05, 4.69) is 29.3 Å². The summed E-state index contributed by atoms with van der Waals surface area (Å²) in [5, 5.41) is 12.2. The molecule has 6 heteroatoms. The average molecular weight is 388 g/mol. The van der Waals surface area contributed by atoms with Gasteiger partial charge in [-0.05, 0) is 55.7 Å². The lowest BCUT2D eigenvalue weighted by molar-refractivity contribution is 0.0479. The van der Waals surface area contributed by atoms with E-state index in [1.54, 1.807) is 11.3 Å². The van der Waals surface area contributed by atoms with Crippen LogP contribution in [0, 0.1) is 6.92 Å². The third kappa shape index (κ3) is 5.17. The van der Waals surface area contributed by atoms with Crippen LogP contribution in [0.25, 0.3) is 10.4 Å². The zero-order chi connectivity index (χ0) is 19.4. The Morgan fingerprint density at radius 1 is 1.22 bits per heavy atom. The number of nitrogens with zero attached hydrogens (tertiary/aromatic N) is 3. The second-order valence-electron chi connectivity index (χ2n) is 7.52. The first kappa shape index (κ1) is 20.0. The van der Waals surface area contributed by atoms with Crippen molar-refractivity contribution in [3.63, 3.8) is 0 Å². The molecule has 0 radical (unpaired) electrons. The number of thiophene rings is 1. The number of hydrogen-bond acceptors (Lipinski definition) is 5. The number of hydrogen-bond donors (Lipinski definition) is 1. The monoisotopic (exact) mass is 387 g/mol. The highest BCUT2D eigenvalue weighted by Crippen LogP contribution is 2.29. The van der Waals surface area contributed by atoms with Gasteiger partial charge in [0.15, 0.2) is 0 Å². The number of piperazine rings is 1. The summed E-state index contributed by atoms with van der Waals surface area (Å²) in [5.41, 5.74) is 3.11. The van der Waals surface area contributed by atoms with E-state index in [4.69, 9.17) is 0 Å². The van der Waals surface area contributed by atoms with Crippen LogP contribution in [0.1, 0.15) is 15.9 Å². The van der Waals surface area contributed by atoms with Gasteiger partial charge in [0.05, 0.1) is 6.10 Å². The largest absolute Gasteiger partial charge is 0.390 e. The molecule has 27 heavy (non-hydrogen) atoms. The SMILES string of the molecule is Cc1ccsc1-c1cccc(C(=O)N2CCN(CC(O)CN(C)C)CC2)c1. The normalized spacial score (nSPS) is 16.7. The standard InChI is InChI=1S/C21H29N3O2S/c1-16-7-12-27-20(16)17-5-4-6-18(13-17)21(26)24-10-8-23(9-11-24)15-19(25)14-22(2)3/h4-7,12-13,19,25H,8-11,14-15H2,1-3H3. The Hall–Kier alpha value is -1.73. The quantitative estimate of drug-likeness (QED) is 0.827. The summed E-state index contributed by atoms with van der Waals surface area (Å²) in [6.45, 7) is 6.44. The summed E-state index contributed by atoms with van der Waals surface area (Å²) in [6, 6.07) is 10.1. The number of aliphatic hydroxyl groups excluding tert-OH is 1. The number of carbonyl (C=O) groups is 1. The number of likely N-dealkylation sites (N-methyl/N-ethyl adjacent to an activating group) is 1. The van der Waals surface area contributed by atoms with Gasteiger partial charge in [0.2, 0.25) is 0 Å². The Morgan fingerprint density at radius 2 is 1.96 bits per heavy atom. The summed E-state index contributed by atoms with van der Waals surface area (Å²) in [4.78, 5) is 20.3. The van der Waals surface area contributed by atoms with Crippen molar-refractivity contribution in [2.75, 3.05) is 53.4 Å². The van der Waals surface area contributed by atoms with Crippen LogP contribution in [0.5, 0.6) is 0 Å². The maximum Gasteiger partial charge on any atom is 0.253 e. The zero-order valence-electron chi connectivity index (χ0n) is 16.4. The molecular weight excluding hydrogens is 358 g/mol. The van der Waals surface area contributed by atoms with Crippen LogP contribution in [-0.4, -0.2) is 85.2 Å². The van der Waals surface area contributed by atoms with Crippen LogP contribution in [0.3, 0.4) is 0 Å². The number of benzene rings is 1. The summed E-state index contributed by atoms with van der Waals surface area (Å²) in [7, 11) is 3.93. The van der Waals surface area contributed by atoms with Crippen molar-refractivity contribution in [2.45, 2.75) is 13.0 Å². The zero-order valence-corrected chi connectivity index (χ0v) is 17.2. The second kappa shape index (κ2) is 8.97. The molecule has 0 bridgehead atoms. The average Bonchev–Trinajstić information content (AvgIpc) is 3.07. The lowest BCUT2D eigenvalue weighted by Gasteiger charge is -2.36. The fraction of sp³-hybridized carbons (Fsp3) is 0.476. The highest BCUT2D eigenvalue weighted by molar-refractivity contribution is 7.13. The molecule has 0 spiro atoms. The molecule has 0 saturated carbocycles. The number of aliphatic hydroxyl groups is 1. The van der Waals surface area contributed by atoms with E-state index in [1.807, 2.05) is 42.1 Å². The van der Waals surface area contributed by atoms with Crippen LogP contribution in [0.2, 0.25) is 0 Å². The number of carbonyl (C=O) groups excluding carboxylic acids is 1. The predicted molar refractivity (Wildman–Crippen MR) is 111 cm³/mol. The Balaban J connectivity index is 1.59. The third-order valence-electron chi connectivity index (χ3n) is 4.94. The fourth-order valence-electron chi connectivity index (χ4n) is 3.56. The van der Waals surface area contributed by atoms with Gasteiger partial charge in [-0.1, -0.05) is 12.1 Å². The topological polar surface area (TPSA) is 47.0 Å². The molecular formula is C21H29N3O2S. The van der Waals surface area contributed by atoms with Crippen molar-refractivity contribution < 1.29 is 9.90 Å². The van der Waals surface area contributed by atoms with E-state index in [0.29, 0.717) is 26.2 Å². The van der Waals surface area contributed by atoms with Gasteiger partial charge in [0.25, 0.3) is 5.91 Å². The highest BCUT2D eigenvalue weighted by Gasteiger charge is 2.23. The lowest BCUT2D eigenvalue weighted by atomic mass is 10.1. The van der Waals surface area contributed by atoms with Crippen molar-refractivity contribution in [1.29, 1.82) is 0 Å². The van der Waals surface area contributed by atoms with E-state index < -0.39 is 0 Å². The molecule has 3 rings (SSSR count). The Labute approximate surface area is 165 Å². The van der Waals surface area contributed by atoms with Gasteiger partial charge in [0, 0.05) is 49.7 Å². The molecule has 1 saturated heterocycles. The molecule has 1 atom stereocenters. The summed E-state index contributed by atoms with van der Waals surface area (Å²) < 4.78 is 0. The molecule has 0 aliphatic carbocycles. The molecule has 146 valence electrons. The maximum atomic E-state index is 12.9. The molecule has 1 fully saturated rings. The lowest BCUT2D eigenvalue weighted by Crippen LogP contribution is -2.51. The van der Waals surface area contributed by atoms with Crippen molar-refractivity contribution in [2.24, 2.45) is 0 Å². The first-order valence-electron chi connectivity index (χ1n) is 9.43. The smallest absolute Gasteiger partial charge is 0.253 e. The van der Waals surface area contributed by atoms with Crippen molar-refractivity contribution in [3.8, 4) is 10.4 Å². The molecule has 1 aromatic heterocycles. The molecule has 1 aliphatic heterocycles. The molecule has 1 aromatic carbocycles. The predicted octanol–water partition coefficient (Wildman–Crippen LogP) is 2.40. The molecule has 1 aliphatic rings. The summed E-state index contributed by atoms with van der Waals surface area (Å²) >= 11 is 1.71. The fourth-order valence-corrected chi connectivity index (χ4v) is 4.48. The van der Waals surface area contributed by atoms with Crippen LogP contribution in [0.15, 0.2) is 35.7 Å². The molecule has 5 nitrogen and oxygen atoms in total. The minimum absolute atomic E-state index is 0.0968. The van der Waals surface area contributed by atoms with E-state index in [9.17, 15) is 9.90 Å². The minimum Gasteiger partial charge on any atom is -0.390 e. The van der Waals surface area contributed by atoms with Gasteiger partial charge in [-0.25, -0.2) is 0 Å². The number of aryl methyl sites for hydroxylation is 1.